The molecule has 19 heavy (non-hydrogen) atoms. The van der Waals surface area contributed by atoms with Crippen molar-refractivity contribution in [1.82, 2.24) is 0 Å². The van der Waals surface area contributed by atoms with Gasteiger partial charge in [-0.3, -0.25) is 0 Å². The molecule has 1 aromatic carbocycles. The number of hydrogen-bond donors (Lipinski definition) is 0. The van der Waals surface area contributed by atoms with Gasteiger partial charge in [0.25, 0.3) is 0 Å². The molecule has 1 aliphatic carbocycles. The zero-order valence-electron chi connectivity index (χ0n) is 10.9. The van der Waals surface area contributed by atoms with Gasteiger partial charge in [0.1, 0.15) is 0 Å². The van der Waals surface area contributed by atoms with Crippen LogP contribution in [0.2, 0.25) is 10.0 Å². The molecule has 0 bridgehead atoms. The van der Waals surface area contributed by atoms with E-state index in [2.05, 4.69) is 22.0 Å². The molecule has 1 fully saturated rings. The molecule has 0 aliphatic heterocycles. The molecule has 1 saturated carbocycles. The summed E-state index contributed by atoms with van der Waals surface area (Å²) in [6.07, 6.45) is 8.21. The van der Waals surface area contributed by atoms with Crippen LogP contribution in [0.4, 0.5) is 0 Å². The first kappa shape index (κ1) is 16.0. The van der Waals surface area contributed by atoms with Crippen LogP contribution in [0.5, 0.6) is 0 Å². The summed E-state index contributed by atoms with van der Waals surface area (Å²) in [7, 11) is 0. The summed E-state index contributed by atoms with van der Waals surface area (Å²) in [5.41, 5.74) is 0.452. The third kappa shape index (κ3) is 4.56. The van der Waals surface area contributed by atoms with E-state index in [1.807, 2.05) is 23.9 Å². The highest BCUT2D eigenvalue weighted by Crippen LogP contribution is 2.41. The van der Waals surface area contributed by atoms with Crippen molar-refractivity contribution in [1.29, 1.82) is 0 Å². The predicted molar refractivity (Wildman–Crippen MR) is 91.1 cm³/mol. The van der Waals surface area contributed by atoms with Crippen molar-refractivity contribution in [2.45, 2.75) is 43.4 Å². The fourth-order valence-electron chi connectivity index (χ4n) is 2.60. The Morgan fingerprint density at radius 3 is 2.32 bits per heavy atom. The topological polar surface area (TPSA) is 0 Å². The lowest BCUT2D eigenvalue weighted by Crippen LogP contribution is -2.25. The summed E-state index contributed by atoms with van der Waals surface area (Å²) in [6.45, 7) is 0. The molecular weight excluding hydrogens is 363 g/mol. The molecule has 1 aromatic rings. The van der Waals surface area contributed by atoms with E-state index in [1.165, 1.54) is 43.4 Å². The second-order valence-electron chi connectivity index (χ2n) is 5.41. The van der Waals surface area contributed by atoms with E-state index in [1.54, 1.807) is 0 Å². The first-order chi connectivity index (χ1) is 9.15. The van der Waals surface area contributed by atoms with E-state index >= 15 is 0 Å². The SMILES string of the molecule is Clc1ccc(SCC2(CBr)CCCCCC2)cc1Cl. The number of thioether (sulfide) groups is 1. The minimum absolute atomic E-state index is 0.452. The molecule has 0 aromatic heterocycles. The van der Waals surface area contributed by atoms with E-state index in [-0.39, 0.29) is 0 Å². The maximum atomic E-state index is 6.08. The van der Waals surface area contributed by atoms with E-state index < -0.39 is 0 Å². The van der Waals surface area contributed by atoms with Crippen LogP contribution in [0.3, 0.4) is 0 Å². The van der Waals surface area contributed by atoms with Gasteiger partial charge in [-0.25, -0.2) is 0 Å². The molecule has 4 heteroatoms. The molecule has 0 unspecified atom stereocenters. The number of hydrogen-bond acceptors (Lipinski definition) is 1. The van der Waals surface area contributed by atoms with Crippen molar-refractivity contribution in [3.63, 3.8) is 0 Å². The van der Waals surface area contributed by atoms with Gasteiger partial charge in [-0.15, -0.1) is 11.8 Å². The summed E-state index contributed by atoms with van der Waals surface area (Å²) < 4.78 is 0. The average molecular weight is 382 g/mol. The molecule has 0 spiro atoms. The molecule has 2 rings (SSSR count). The van der Waals surface area contributed by atoms with Crippen molar-refractivity contribution in [3.05, 3.63) is 28.2 Å². The summed E-state index contributed by atoms with van der Waals surface area (Å²) in [6, 6.07) is 5.94. The Hall–Kier alpha value is 0.630. The highest BCUT2D eigenvalue weighted by molar-refractivity contribution is 9.09. The van der Waals surface area contributed by atoms with Crippen molar-refractivity contribution >= 4 is 50.9 Å². The largest absolute Gasteiger partial charge is 0.126 e. The first-order valence-electron chi connectivity index (χ1n) is 6.79. The average Bonchev–Trinajstić information content (AvgIpc) is 2.66. The highest BCUT2D eigenvalue weighted by atomic mass is 79.9. The Morgan fingerprint density at radius 2 is 1.74 bits per heavy atom. The summed E-state index contributed by atoms with van der Waals surface area (Å²) >= 11 is 17.7. The lowest BCUT2D eigenvalue weighted by atomic mass is 9.85. The molecule has 0 amide bonds. The Bertz CT molecular complexity index is 415. The van der Waals surface area contributed by atoms with Gasteiger partial charge in [0, 0.05) is 16.0 Å². The van der Waals surface area contributed by atoms with Gasteiger partial charge in [0.15, 0.2) is 0 Å². The van der Waals surface area contributed by atoms with Crippen molar-refractivity contribution in [3.8, 4) is 0 Å². The molecule has 0 heterocycles. The lowest BCUT2D eigenvalue weighted by molar-refractivity contribution is 0.334. The van der Waals surface area contributed by atoms with Gasteiger partial charge in [0.2, 0.25) is 0 Å². The van der Waals surface area contributed by atoms with Crippen LogP contribution in [-0.4, -0.2) is 11.1 Å². The lowest BCUT2D eigenvalue weighted by Gasteiger charge is -2.30. The number of rotatable bonds is 4. The molecule has 0 nitrogen and oxygen atoms in total. The van der Waals surface area contributed by atoms with E-state index in [4.69, 9.17) is 23.2 Å². The normalized spacial score (nSPS) is 19.1. The van der Waals surface area contributed by atoms with Gasteiger partial charge in [0.05, 0.1) is 10.0 Å². The minimum atomic E-state index is 0.452. The molecule has 0 atom stereocenters. The summed E-state index contributed by atoms with van der Waals surface area (Å²) in [4.78, 5) is 1.22. The van der Waals surface area contributed by atoms with Gasteiger partial charge in [-0.2, -0.15) is 0 Å². The second kappa shape index (κ2) is 7.59. The zero-order chi connectivity index (χ0) is 13.7. The van der Waals surface area contributed by atoms with Crippen LogP contribution in [0.25, 0.3) is 0 Å². The van der Waals surface area contributed by atoms with Crippen LogP contribution in [0.15, 0.2) is 23.1 Å². The van der Waals surface area contributed by atoms with Gasteiger partial charge >= 0.3 is 0 Å². The summed E-state index contributed by atoms with van der Waals surface area (Å²) in [5.74, 6) is 1.16. The fraction of sp³-hybridized carbons (Fsp3) is 0.600. The standard InChI is InChI=1S/C15H19BrCl2S/c16-10-15(7-3-1-2-4-8-15)11-19-12-5-6-13(17)14(18)9-12/h5-6,9H,1-4,7-8,10-11H2. The van der Waals surface area contributed by atoms with E-state index in [0.717, 1.165) is 11.1 Å². The first-order valence-corrected chi connectivity index (χ1v) is 9.65. The number of benzene rings is 1. The molecular formula is C15H19BrCl2S. The number of halogens is 3. The highest BCUT2D eigenvalue weighted by Gasteiger charge is 2.29. The molecule has 0 radical (unpaired) electrons. The van der Waals surface area contributed by atoms with Crippen LogP contribution in [0, 0.1) is 5.41 Å². The Labute approximate surface area is 138 Å². The monoisotopic (exact) mass is 380 g/mol. The van der Waals surface area contributed by atoms with Crippen LogP contribution in [0.1, 0.15) is 38.5 Å². The van der Waals surface area contributed by atoms with Gasteiger partial charge in [-0.1, -0.05) is 64.8 Å². The van der Waals surface area contributed by atoms with Gasteiger partial charge < -0.3 is 0 Å². The molecule has 0 saturated heterocycles. The Morgan fingerprint density at radius 1 is 1.05 bits per heavy atom. The smallest absolute Gasteiger partial charge is 0.0603 e. The Balaban J connectivity index is 2.00. The molecule has 106 valence electrons. The molecule has 0 N–H and O–H groups in total. The maximum absolute atomic E-state index is 6.08. The third-order valence-electron chi connectivity index (χ3n) is 3.88. The summed E-state index contributed by atoms with van der Waals surface area (Å²) in [5, 5.41) is 2.39. The predicted octanol–water partition coefficient (Wildman–Crippen LogP) is 6.82. The van der Waals surface area contributed by atoms with Crippen molar-refractivity contribution in [2.24, 2.45) is 5.41 Å². The van der Waals surface area contributed by atoms with E-state index in [9.17, 15) is 0 Å². The third-order valence-corrected chi connectivity index (χ3v) is 7.16. The Kier molecular flexibility index (Phi) is 6.39. The fourth-order valence-corrected chi connectivity index (χ4v) is 5.21. The van der Waals surface area contributed by atoms with Crippen LogP contribution >= 0.6 is 50.9 Å². The quantitative estimate of drug-likeness (QED) is 0.313. The number of alkyl halides is 1. The molecule has 1 aliphatic rings. The second-order valence-corrected chi connectivity index (χ2v) is 7.84. The minimum Gasteiger partial charge on any atom is -0.126 e. The van der Waals surface area contributed by atoms with Crippen molar-refractivity contribution in [2.75, 3.05) is 11.1 Å². The van der Waals surface area contributed by atoms with Crippen molar-refractivity contribution < 1.29 is 0 Å². The van der Waals surface area contributed by atoms with Crippen LogP contribution < -0.4 is 0 Å². The van der Waals surface area contributed by atoms with Crippen LogP contribution in [-0.2, 0) is 0 Å². The van der Waals surface area contributed by atoms with E-state index in [0.29, 0.717) is 15.5 Å². The zero-order valence-corrected chi connectivity index (χ0v) is 14.8. The van der Waals surface area contributed by atoms with Gasteiger partial charge in [-0.05, 0) is 36.5 Å². The maximum Gasteiger partial charge on any atom is 0.0603 e.